The third kappa shape index (κ3) is 4.84. The maximum absolute atomic E-state index is 5.80. The van der Waals surface area contributed by atoms with Gasteiger partial charge in [-0.1, -0.05) is 12.1 Å². The number of nitrogens with zero attached hydrogens (tertiary/aromatic N) is 3. The molecular weight excluding hydrogens is 294 g/mol. The van der Waals surface area contributed by atoms with E-state index in [4.69, 9.17) is 25.8 Å². The summed E-state index contributed by atoms with van der Waals surface area (Å²) in [7, 11) is 1.68. The lowest BCUT2D eigenvalue weighted by Crippen LogP contribution is -2.01. The van der Waals surface area contributed by atoms with E-state index in [1.807, 2.05) is 31.2 Å². The summed E-state index contributed by atoms with van der Waals surface area (Å²) in [6.45, 7) is 2.95. The Morgan fingerprint density at radius 2 is 1.76 bits per heavy atom. The summed E-state index contributed by atoms with van der Waals surface area (Å²) in [5, 5.41) is 0.0279. The molecule has 0 atom stereocenters. The van der Waals surface area contributed by atoms with Gasteiger partial charge >= 0.3 is 12.0 Å². The zero-order valence-corrected chi connectivity index (χ0v) is 12.6. The highest BCUT2D eigenvalue weighted by Crippen LogP contribution is 2.21. The van der Waals surface area contributed by atoms with Crippen LogP contribution in [0, 0.1) is 0 Å². The zero-order valence-electron chi connectivity index (χ0n) is 11.9. The Kier molecular flexibility index (Phi) is 5.71. The lowest BCUT2D eigenvalue weighted by molar-refractivity contribution is 0.202. The summed E-state index contributed by atoms with van der Waals surface area (Å²) < 4.78 is 15.8. The second-order valence-electron chi connectivity index (χ2n) is 4.09. The number of hydrogen-bond donors (Lipinski definition) is 0. The third-order valence-corrected chi connectivity index (χ3v) is 2.74. The summed E-state index contributed by atoms with van der Waals surface area (Å²) in [4.78, 5) is 11.8. The van der Waals surface area contributed by atoms with Crippen molar-refractivity contribution >= 4 is 11.6 Å². The average Bonchev–Trinajstić information content (AvgIpc) is 2.46. The topological polar surface area (TPSA) is 66.4 Å². The molecule has 0 amide bonds. The first kappa shape index (κ1) is 15.5. The maximum atomic E-state index is 5.80. The van der Waals surface area contributed by atoms with Crippen LogP contribution in [0.25, 0.3) is 0 Å². The molecule has 0 aliphatic heterocycles. The van der Waals surface area contributed by atoms with Gasteiger partial charge in [0, 0.05) is 7.11 Å². The van der Waals surface area contributed by atoms with Gasteiger partial charge in [0.15, 0.2) is 0 Å². The first-order valence-corrected chi connectivity index (χ1v) is 6.89. The highest BCUT2D eigenvalue weighted by atomic mass is 35.5. The Hall–Kier alpha value is -1.92. The molecule has 1 aromatic carbocycles. The van der Waals surface area contributed by atoms with Gasteiger partial charge in [0.25, 0.3) is 0 Å². The van der Waals surface area contributed by atoms with Crippen LogP contribution in [-0.2, 0) is 11.2 Å². The molecule has 1 aromatic heterocycles. The van der Waals surface area contributed by atoms with Gasteiger partial charge in [-0.2, -0.15) is 9.97 Å². The molecular formula is C14H16ClN3O3. The minimum absolute atomic E-state index is 0.0279. The molecule has 0 spiro atoms. The Morgan fingerprint density at radius 3 is 2.43 bits per heavy atom. The monoisotopic (exact) mass is 309 g/mol. The normalized spacial score (nSPS) is 10.4. The van der Waals surface area contributed by atoms with Crippen LogP contribution < -0.4 is 9.47 Å². The smallest absolute Gasteiger partial charge is 0.329 e. The van der Waals surface area contributed by atoms with Gasteiger partial charge in [-0.3, -0.25) is 0 Å². The van der Waals surface area contributed by atoms with Gasteiger partial charge in [0.05, 0.1) is 13.2 Å². The maximum Gasteiger partial charge on any atom is 0.329 e. The lowest BCUT2D eigenvalue weighted by Gasteiger charge is -2.07. The van der Waals surface area contributed by atoms with Crippen molar-refractivity contribution in [1.29, 1.82) is 0 Å². The molecule has 0 bridgehead atoms. The molecule has 21 heavy (non-hydrogen) atoms. The molecule has 0 radical (unpaired) electrons. The molecule has 112 valence electrons. The van der Waals surface area contributed by atoms with Crippen molar-refractivity contribution in [1.82, 2.24) is 15.0 Å². The highest BCUT2D eigenvalue weighted by Gasteiger charge is 2.08. The molecule has 2 rings (SSSR count). The van der Waals surface area contributed by atoms with Crippen molar-refractivity contribution < 1.29 is 14.2 Å². The second kappa shape index (κ2) is 7.75. The summed E-state index contributed by atoms with van der Waals surface area (Å²) in [5.74, 6) is 0.612. The molecule has 2 aromatic rings. The van der Waals surface area contributed by atoms with Gasteiger partial charge < -0.3 is 14.2 Å². The van der Waals surface area contributed by atoms with E-state index >= 15 is 0 Å². The van der Waals surface area contributed by atoms with Crippen molar-refractivity contribution in [2.45, 2.75) is 13.3 Å². The highest BCUT2D eigenvalue weighted by molar-refractivity contribution is 6.28. The van der Waals surface area contributed by atoms with Crippen molar-refractivity contribution in [3.63, 3.8) is 0 Å². The molecule has 6 nitrogen and oxygen atoms in total. The van der Waals surface area contributed by atoms with E-state index in [-0.39, 0.29) is 17.3 Å². The molecule has 0 saturated carbocycles. The van der Waals surface area contributed by atoms with E-state index in [0.29, 0.717) is 19.0 Å². The fraction of sp³-hybridized carbons (Fsp3) is 0.357. The molecule has 0 aliphatic carbocycles. The first-order valence-electron chi connectivity index (χ1n) is 6.51. The Bertz CT molecular complexity index is 578. The van der Waals surface area contributed by atoms with Crippen LogP contribution in [-0.4, -0.2) is 35.3 Å². The number of benzene rings is 1. The van der Waals surface area contributed by atoms with Crippen LogP contribution in [0.1, 0.15) is 12.5 Å². The molecule has 7 heteroatoms. The first-order chi connectivity index (χ1) is 10.2. The van der Waals surface area contributed by atoms with E-state index in [1.54, 1.807) is 7.11 Å². The standard InChI is InChI=1S/C14H16ClN3O3/c1-3-20-13-16-12(15)17-14(18-13)21-11-6-4-10(5-7-11)8-9-19-2/h4-7H,3,8-9H2,1-2H3. The molecule has 0 fully saturated rings. The SMILES string of the molecule is CCOc1nc(Cl)nc(Oc2ccc(CCOC)cc2)n1. The average molecular weight is 310 g/mol. The number of ether oxygens (including phenoxy) is 3. The van der Waals surface area contributed by atoms with E-state index in [2.05, 4.69) is 15.0 Å². The van der Waals surface area contributed by atoms with Gasteiger partial charge in [0.2, 0.25) is 5.28 Å². The van der Waals surface area contributed by atoms with E-state index in [0.717, 1.165) is 12.0 Å². The van der Waals surface area contributed by atoms with Crippen molar-refractivity contribution in [3.05, 3.63) is 35.1 Å². The van der Waals surface area contributed by atoms with Crippen LogP contribution in [0.5, 0.6) is 17.8 Å². The largest absolute Gasteiger partial charge is 0.464 e. The van der Waals surface area contributed by atoms with Crippen molar-refractivity contribution in [2.75, 3.05) is 20.3 Å². The predicted octanol–water partition coefficient (Wildman–Crippen LogP) is 2.90. The molecule has 0 unspecified atom stereocenters. The zero-order chi connectivity index (χ0) is 15.1. The summed E-state index contributed by atoms with van der Waals surface area (Å²) in [5.41, 5.74) is 1.16. The minimum Gasteiger partial charge on any atom is -0.464 e. The number of hydrogen-bond acceptors (Lipinski definition) is 6. The van der Waals surface area contributed by atoms with Gasteiger partial charge in [0.1, 0.15) is 5.75 Å². The summed E-state index contributed by atoms with van der Waals surface area (Å²) in [6, 6.07) is 7.83. The summed E-state index contributed by atoms with van der Waals surface area (Å²) >= 11 is 5.80. The quantitative estimate of drug-likeness (QED) is 0.783. The van der Waals surface area contributed by atoms with E-state index in [1.165, 1.54) is 0 Å². The van der Waals surface area contributed by atoms with Gasteiger partial charge in [-0.15, -0.1) is 4.98 Å². The summed E-state index contributed by atoms with van der Waals surface area (Å²) in [6.07, 6.45) is 0.850. The Labute approximate surface area is 128 Å². The van der Waals surface area contributed by atoms with Gasteiger partial charge in [-0.05, 0) is 42.6 Å². The van der Waals surface area contributed by atoms with E-state index in [9.17, 15) is 0 Å². The second-order valence-corrected chi connectivity index (χ2v) is 4.43. The fourth-order valence-corrected chi connectivity index (χ4v) is 1.75. The molecule has 0 saturated heterocycles. The molecule has 0 aliphatic rings. The number of aromatic nitrogens is 3. The fourth-order valence-electron chi connectivity index (χ4n) is 1.60. The van der Waals surface area contributed by atoms with Crippen LogP contribution >= 0.6 is 11.6 Å². The van der Waals surface area contributed by atoms with Crippen molar-refractivity contribution in [3.8, 4) is 17.8 Å². The predicted molar refractivity (Wildman–Crippen MR) is 78.1 cm³/mol. The number of methoxy groups -OCH3 is 1. The van der Waals surface area contributed by atoms with Crippen LogP contribution in [0.2, 0.25) is 5.28 Å². The third-order valence-electron chi connectivity index (χ3n) is 2.57. The van der Waals surface area contributed by atoms with Crippen molar-refractivity contribution in [2.24, 2.45) is 0 Å². The molecule has 1 heterocycles. The Morgan fingerprint density at radius 1 is 1.05 bits per heavy atom. The molecule has 0 N–H and O–H groups in total. The van der Waals surface area contributed by atoms with Crippen LogP contribution in [0.4, 0.5) is 0 Å². The number of halogens is 1. The van der Waals surface area contributed by atoms with Crippen LogP contribution in [0.3, 0.4) is 0 Å². The Balaban J connectivity index is 2.07. The lowest BCUT2D eigenvalue weighted by atomic mass is 10.1. The van der Waals surface area contributed by atoms with Gasteiger partial charge in [-0.25, -0.2) is 0 Å². The van der Waals surface area contributed by atoms with E-state index < -0.39 is 0 Å². The number of rotatable bonds is 7. The minimum atomic E-state index is 0.0279. The van der Waals surface area contributed by atoms with Crippen LogP contribution in [0.15, 0.2) is 24.3 Å².